The summed E-state index contributed by atoms with van der Waals surface area (Å²) in [6.45, 7) is 0. The summed E-state index contributed by atoms with van der Waals surface area (Å²) in [4.78, 5) is 4.76. The molecule has 0 aliphatic rings. The molecule has 0 spiro atoms. The molecule has 0 amide bonds. The van der Waals surface area contributed by atoms with Gasteiger partial charge in [-0.2, -0.15) is 0 Å². The molecule has 4 aromatic rings. The average Bonchev–Trinajstić information content (AvgIpc) is 3.15. The largest absolute Gasteiger partial charge is 0.294 e. The van der Waals surface area contributed by atoms with Crippen LogP contribution in [-0.4, -0.2) is 14.1 Å². The lowest BCUT2D eigenvalue weighted by molar-refractivity contribution is 0.910. The molecule has 0 bridgehead atoms. The minimum absolute atomic E-state index is 0.905. The van der Waals surface area contributed by atoms with E-state index in [0.29, 0.717) is 0 Å². The fraction of sp³-hybridized carbons (Fsp3) is 0. The van der Waals surface area contributed by atoms with E-state index >= 15 is 0 Å². The predicted molar refractivity (Wildman–Crippen MR) is 80.4 cm³/mol. The Kier molecular flexibility index (Phi) is 2.42. The van der Waals surface area contributed by atoms with Gasteiger partial charge in [-0.05, 0) is 36.4 Å². The number of hydrogen-bond acceptors (Lipinski definition) is 1. The van der Waals surface area contributed by atoms with Crippen molar-refractivity contribution in [1.29, 1.82) is 0 Å². The van der Waals surface area contributed by atoms with Crippen LogP contribution in [0, 0.1) is 0 Å². The number of aromatic nitrogens is 3. The van der Waals surface area contributed by atoms with Gasteiger partial charge in [0.15, 0.2) is 0 Å². The highest BCUT2D eigenvalue weighted by Gasteiger charge is 2.12. The van der Waals surface area contributed by atoms with Crippen LogP contribution in [0.3, 0.4) is 0 Å². The number of hydrogen-bond donors (Lipinski definition) is 0. The van der Waals surface area contributed by atoms with Crippen molar-refractivity contribution in [1.82, 2.24) is 14.1 Å². The van der Waals surface area contributed by atoms with Gasteiger partial charge in [0.05, 0.1) is 11.0 Å². The lowest BCUT2D eigenvalue weighted by Crippen LogP contribution is -2.03. The summed E-state index contributed by atoms with van der Waals surface area (Å²) in [5.74, 6) is 0.905. The zero-order valence-electron chi connectivity index (χ0n) is 10.8. The maximum Gasteiger partial charge on any atom is 0.219 e. The molecule has 3 heteroatoms. The first-order valence-corrected chi connectivity index (χ1v) is 6.60. The van der Waals surface area contributed by atoms with Crippen molar-refractivity contribution in [3.8, 4) is 11.6 Å². The third-order valence-corrected chi connectivity index (χ3v) is 3.39. The monoisotopic (exact) mass is 259 g/mol. The SMILES string of the molecule is c1ccc(-n2c(-n3cccc3)nc3ccccc32)cc1. The minimum Gasteiger partial charge on any atom is -0.294 e. The van der Waals surface area contributed by atoms with Crippen LogP contribution >= 0.6 is 0 Å². The smallest absolute Gasteiger partial charge is 0.219 e. The van der Waals surface area contributed by atoms with Gasteiger partial charge in [-0.25, -0.2) is 4.98 Å². The van der Waals surface area contributed by atoms with Crippen molar-refractivity contribution in [2.24, 2.45) is 0 Å². The van der Waals surface area contributed by atoms with Crippen LogP contribution in [0.15, 0.2) is 79.1 Å². The summed E-state index contributed by atoms with van der Waals surface area (Å²) in [5.41, 5.74) is 3.23. The Morgan fingerprint density at radius 2 is 1.40 bits per heavy atom. The van der Waals surface area contributed by atoms with E-state index in [2.05, 4.69) is 22.8 Å². The Bertz CT molecular complexity index is 842. The number of para-hydroxylation sites is 3. The summed E-state index contributed by atoms with van der Waals surface area (Å²) in [6.07, 6.45) is 4.03. The molecule has 0 radical (unpaired) electrons. The Balaban J connectivity index is 2.09. The first-order valence-electron chi connectivity index (χ1n) is 6.60. The molecule has 2 aromatic carbocycles. The van der Waals surface area contributed by atoms with Crippen molar-refractivity contribution in [2.45, 2.75) is 0 Å². The normalized spacial score (nSPS) is 11.0. The number of imidazole rings is 1. The Labute approximate surface area is 116 Å². The highest BCUT2D eigenvalue weighted by molar-refractivity contribution is 5.79. The van der Waals surface area contributed by atoms with Gasteiger partial charge >= 0.3 is 0 Å². The molecule has 3 nitrogen and oxygen atoms in total. The summed E-state index contributed by atoms with van der Waals surface area (Å²) >= 11 is 0. The van der Waals surface area contributed by atoms with Gasteiger partial charge < -0.3 is 0 Å². The maximum atomic E-state index is 4.76. The second kappa shape index (κ2) is 4.38. The quantitative estimate of drug-likeness (QED) is 0.536. The van der Waals surface area contributed by atoms with Crippen molar-refractivity contribution in [2.75, 3.05) is 0 Å². The zero-order valence-corrected chi connectivity index (χ0v) is 10.8. The van der Waals surface area contributed by atoms with E-state index in [9.17, 15) is 0 Å². The molecule has 0 unspecified atom stereocenters. The van der Waals surface area contributed by atoms with Gasteiger partial charge in [0.2, 0.25) is 5.95 Å². The van der Waals surface area contributed by atoms with Crippen LogP contribution in [-0.2, 0) is 0 Å². The summed E-state index contributed by atoms with van der Waals surface area (Å²) in [5, 5.41) is 0. The first-order chi connectivity index (χ1) is 9.93. The van der Waals surface area contributed by atoms with Crippen molar-refractivity contribution < 1.29 is 0 Å². The van der Waals surface area contributed by atoms with Gasteiger partial charge in [0.25, 0.3) is 0 Å². The molecule has 96 valence electrons. The molecule has 20 heavy (non-hydrogen) atoms. The van der Waals surface area contributed by atoms with Crippen LogP contribution in [0.4, 0.5) is 0 Å². The van der Waals surface area contributed by atoms with E-state index in [4.69, 9.17) is 4.98 Å². The zero-order chi connectivity index (χ0) is 13.4. The van der Waals surface area contributed by atoms with Crippen molar-refractivity contribution in [3.05, 3.63) is 79.1 Å². The predicted octanol–water partition coefficient (Wildman–Crippen LogP) is 3.82. The molecule has 0 aliphatic heterocycles. The van der Waals surface area contributed by atoms with E-state index in [1.807, 2.05) is 65.5 Å². The van der Waals surface area contributed by atoms with Crippen LogP contribution < -0.4 is 0 Å². The fourth-order valence-electron chi connectivity index (χ4n) is 2.49. The van der Waals surface area contributed by atoms with E-state index in [-0.39, 0.29) is 0 Å². The Morgan fingerprint density at radius 1 is 0.700 bits per heavy atom. The second-order valence-corrected chi connectivity index (χ2v) is 4.66. The van der Waals surface area contributed by atoms with Gasteiger partial charge in [-0.15, -0.1) is 0 Å². The Morgan fingerprint density at radius 3 is 2.20 bits per heavy atom. The molecule has 4 rings (SSSR count). The van der Waals surface area contributed by atoms with Crippen LogP contribution in [0.2, 0.25) is 0 Å². The molecule has 0 aliphatic carbocycles. The topological polar surface area (TPSA) is 22.8 Å². The standard InChI is InChI=1S/C17H13N3/c1-2-8-14(9-3-1)20-16-11-5-4-10-15(16)18-17(20)19-12-6-7-13-19/h1-13H. The Hall–Kier alpha value is -2.81. The van der Waals surface area contributed by atoms with E-state index in [0.717, 1.165) is 22.7 Å². The third-order valence-electron chi connectivity index (χ3n) is 3.39. The van der Waals surface area contributed by atoms with Crippen LogP contribution in [0.25, 0.3) is 22.7 Å². The molecular formula is C17H13N3. The molecule has 2 heterocycles. The second-order valence-electron chi connectivity index (χ2n) is 4.66. The molecule has 0 saturated heterocycles. The average molecular weight is 259 g/mol. The lowest BCUT2D eigenvalue weighted by Gasteiger charge is -2.09. The molecule has 0 atom stereocenters. The number of rotatable bonds is 2. The number of fused-ring (bicyclic) bond motifs is 1. The number of benzene rings is 2. The summed E-state index contributed by atoms with van der Waals surface area (Å²) < 4.78 is 4.21. The molecule has 0 fully saturated rings. The van der Waals surface area contributed by atoms with Gasteiger partial charge in [-0.3, -0.25) is 9.13 Å². The van der Waals surface area contributed by atoms with E-state index < -0.39 is 0 Å². The summed E-state index contributed by atoms with van der Waals surface area (Å²) in [7, 11) is 0. The number of nitrogens with zero attached hydrogens (tertiary/aromatic N) is 3. The minimum atomic E-state index is 0.905. The van der Waals surface area contributed by atoms with E-state index in [1.165, 1.54) is 0 Å². The third kappa shape index (κ3) is 1.64. The molecule has 0 saturated carbocycles. The molecular weight excluding hydrogens is 246 g/mol. The molecule has 0 N–H and O–H groups in total. The van der Waals surface area contributed by atoms with Gasteiger partial charge in [0, 0.05) is 18.1 Å². The maximum absolute atomic E-state index is 4.76. The summed E-state index contributed by atoms with van der Waals surface area (Å²) in [6, 6.07) is 22.5. The highest BCUT2D eigenvalue weighted by Crippen LogP contribution is 2.23. The van der Waals surface area contributed by atoms with Gasteiger partial charge in [0.1, 0.15) is 0 Å². The lowest BCUT2D eigenvalue weighted by atomic mass is 10.3. The van der Waals surface area contributed by atoms with Crippen molar-refractivity contribution >= 4 is 11.0 Å². The van der Waals surface area contributed by atoms with Crippen LogP contribution in [0.5, 0.6) is 0 Å². The highest BCUT2D eigenvalue weighted by atomic mass is 15.2. The fourth-order valence-corrected chi connectivity index (χ4v) is 2.49. The van der Waals surface area contributed by atoms with E-state index in [1.54, 1.807) is 0 Å². The van der Waals surface area contributed by atoms with Gasteiger partial charge in [-0.1, -0.05) is 30.3 Å². The molecule has 2 aromatic heterocycles. The first kappa shape index (κ1) is 11.1. The van der Waals surface area contributed by atoms with Crippen molar-refractivity contribution in [3.63, 3.8) is 0 Å². The van der Waals surface area contributed by atoms with Crippen LogP contribution in [0.1, 0.15) is 0 Å².